The Kier molecular flexibility index (Phi) is 4.95. The fourth-order valence-electron chi connectivity index (χ4n) is 1.95. The Hall–Kier alpha value is -2.18. The first-order valence-corrected chi connectivity index (χ1v) is 8.38. The van der Waals surface area contributed by atoms with Gasteiger partial charge in [0.15, 0.2) is 0 Å². The lowest BCUT2D eigenvalue weighted by molar-refractivity contribution is 0.1000. The third-order valence-electron chi connectivity index (χ3n) is 3.35. The lowest BCUT2D eigenvalue weighted by Gasteiger charge is -2.08. The molecule has 0 atom stereocenters. The Labute approximate surface area is 130 Å². The molecule has 0 spiro atoms. The van der Waals surface area contributed by atoms with Crippen LogP contribution in [0, 0.1) is 0 Å². The van der Waals surface area contributed by atoms with Gasteiger partial charge in [0.2, 0.25) is 15.9 Å². The van der Waals surface area contributed by atoms with Gasteiger partial charge in [-0.25, -0.2) is 13.1 Å². The summed E-state index contributed by atoms with van der Waals surface area (Å²) >= 11 is 0. The van der Waals surface area contributed by atoms with Gasteiger partial charge in [0.1, 0.15) is 0 Å². The molecule has 22 heavy (non-hydrogen) atoms. The van der Waals surface area contributed by atoms with Crippen molar-refractivity contribution >= 4 is 15.9 Å². The second kappa shape index (κ2) is 6.72. The molecule has 2 aromatic carbocycles. The minimum Gasteiger partial charge on any atom is -0.366 e. The van der Waals surface area contributed by atoms with Crippen LogP contribution in [-0.4, -0.2) is 14.3 Å². The lowest BCUT2D eigenvalue weighted by Crippen LogP contribution is -2.23. The number of sulfonamides is 1. The molecule has 3 N–H and O–H groups in total. The van der Waals surface area contributed by atoms with E-state index in [1.807, 2.05) is 24.3 Å². The molecule has 0 aliphatic rings. The highest BCUT2D eigenvalue weighted by Crippen LogP contribution is 2.12. The highest BCUT2D eigenvalue weighted by atomic mass is 32.2. The molecule has 0 fully saturated rings. The second-order valence-electron chi connectivity index (χ2n) is 4.88. The van der Waals surface area contributed by atoms with E-state index in [1.165, 1.54) is 29.8 Å². The maximum atomic E-state index is 12.2. The highest BCUT2D eigenvalue weighted by Gasteiger charge is 2.14. The number of rotatable bonds is 6. The fraction of sp³-hybridized carbons (Fsp3) is 0.188. The van der Waals surface area contributed by atoms with Crippen molar-refractivity contribution in [3.05, 3.63) is 65.2 Å². The van der Waals surface area contributed by atoms with Crippen molar-refractivity contribution < 1.29 is 13.2 Å². The molecule has 5 nitrogen and oxygen atoms in total. The van der Waals surface area contributed by atoms with Crippen LogP contribution in [0.4, 0.5) is 0 Å². The zero-order valence-corrected chi connectivity index (χ0v) is 13.1. The summed E-state index contributed by atoms with van der Waals surface area (Å²) in [5, 5.41) is 0. The predicted molar refractivity (Wildman–Crippen MR) is 84.8 cm³/mol. The summed E-state index contributed by atoms with van der Waals surface area (Å²) in [6.45, 7) is 2.28. The van der Waals surface area contributed by atoms with E-state index in [2.05, 4.69) is 11.6 Å². The largest absolute Gasteiger partial charge is 0.366 e. The topological polar surface area (TPSA) is 89.3 Å². The van der Waals surface area contributed by atoms with Crippen molar-refractivity contribution in [2.45, 2.75) is 24.8 Å². The van der Waals surface area contributed by atoms with E-state index >= 15 is 0 Å². The molecule has 0 saturated heterocycles. The molecule has 2 rings (SSSR count). The van der Waals surface area contributed by atoms with Gasteiger partial charge in [-0.1, -0.05) is 31.2 Å². The Morgan fingerprint density at radius 1 is 1.00 bits per heavy atom. The molecule has 0 unspecified atom stereocenters. The number of nitrogens with two attached hydrogens (primary N) is 1. The molecule has 0 radical (unpaired) electrons. The minimum atomic E-state index is -3.62. The number of amides is 1. The van der Waals surface area contributed by atoms with Crippen LogP contribution < -0.4 is 10.5 Å². The van der Waals surface area contributed by atoms with Crippen molar-refractivity contribution in [2.24, 2.45) is 5.73 Å². The van der Waals surface area contributed by atoms with E-state index in [0.29, 0.717) is 0 Å². The van der Waals surface area contributed by atoms with Crippen molar-refractivity contribution in [3.8, 4) is 0 Å². The van der Waals surface area contributed by atoms with Gasteiger partial charge < -0.3 is 5.73 Å². The van der Waals surface area contributed by atoms with Gasteiger partial charge in [0, 0.05) is 12.1 Å². The van der Waals surface area contributed by atoms with Crippen molar-refractivity contribution in [1.82, 2.24) is 4.72 Å². The molecular formula is C16H18N2O3S. The van der Waals surface area contributed by atoms with E-state index in [0.717, 1.165) is 12.0 Å². The molecule has 0 saturated carbocycles. The third kappa shape index (κ3) is 3.93. The quantitative estimate of drug-likeness (QED) is 0.851. The van der Waals surface area contributed by atoms with Gasteiger partial charge in [0.05, 0.1) is 4.90 Å². The summed E-state index contributed by atoms with van der Waals surface area (Å²) in [5.74, 6) is -0.590. The maximum Gasteiger partial charge on any atom is 0.248 e. The number of benzene rings is 2. The zero-order valence-electron chi connectivity index (χ0n) is 12.2. The summed E-state index contributed by atoms with van der Waals surface area (Å²) in [4.78, 5) is 11.1. The molecule has 0 aromatic heterocycles. The van der Waals surface area contributed by atoms with Crippen LogP contribution in [0.1, 0.15) is 28.4 Å². The number of carbonyl (C=O) groups excluding carboxylic acids is 1. The molecule has 2 aromatic rings. The molecule has 0 bridgehead atoms. The predicted octanol–water partition coefficient (Wildman–Crippen LogP) is 1.83. The Morgan fingerprint density at radius 2 is 1.55 bits per heavy atom. The van der Waals surface area contributed by atoms with E-state index in [-0.39, 0.29) is 17.0 Å². The van der Waals surface area contributed by atoms with Crippen LogP contribution in [0.3, 0.4) is 0 Å². The molecule has 1 amide bonds. The number of hydrogen-bond donors (Lipinski definition) is 2. The number of aryl methyl sites for hydroxylation is 1. The summed E-state index contributed by atoms with van der Waals surface area (Å²) in [7, 11) is -3.62. The fourth-order valence-corrected chi connectivity index (χ4v) is 2.97. The number of primary amides is 1. The normalized spacial score (nSPS) is 11.3. The van der Waals surface area contributed by atoms with Gasteiger partial charge in [-0.2, -0.15) is 0 Å². The Balaban J connectivity index is 2.08. The van der Waals surface area contributed by atoms with Crippen molar-refractivity contribution in [2.75, 3.05) is 0 Å². The highest BCUT2D eigenvalue weighted by molar-refractivity contribution is 7.89. The number of carbonyl (C=O) groups is 1. The third-order valence-corrected chi connectivity index (χ3v) is 4.76. The molecule has 0 aliphatic heterocycles. The number of nitrogens with one attached hydrogen (secondary N) is 1. The minimum absolute atomic E-state index is 0.0997. The molecule has 0 heterocycles. The van der Waals surface area contributed by atoms with Crippen LogP contribution in [0.2, 0.25) is 0 Å². The average Bonchev–Trinajstić information content (AvgIpc) is 2.53. The summed E-state index contributed by atoms with van der Waals surface area (Å²) in [5.41, 5.74) is 7.49. The van der Waals surface area contributed by atoms with Gasteiger partial charge >= 0.3 is 0 Å². The molecule has 0 aliphatic carbocycles. The standard InChI is InChI=1S/C16H18N2O3S/c1-2-12-3-5-13(6-4-12)11-18-22(20,21)15-9-7-14(8-10-15)16(17)19/h3-10,18H,2,11H2,1H3,(H2,17,19). The maximum absolute atomic E-state index is 12.2. The average molecular weight is 318 g/mol. The number of hydrogen-bond acceptors (Lipinski definition) is 3. The van der Waals surface area contributed by atoms with Gasteiger partial charge in [0.25, 0.3) is 0 Å². The van der Waals surface area contributed by atoms with Crippen LogP contribution in [0.5, 0.6) is 0 Å². The lowest BCUT2D eigenvalue weighted by atomic mass is 10.1. The summed E-state index contributed by atoms with van der Waals surface area (Å²) in [6, 6.07) is 13.3. The molecule has 116 valence electrons. The Bertz CT molecular complexity index is 751. The van der Waals surface area contributed by atoms with Crippen LogP contribution in [0.25, 0.3) is 0 Å². The van der Waals surface area contributed by atoms with Crippen molar-refractivity contribution in [3.63, 3.8) is 0 Å². The Morgan fingerprint density at radius 3 is 2.05 bits per heavy atom. The van der Waals surface area contributed by atoms with E-state index < -0.39 is 15.9 Å². The van der Waals surface area contributed by atoms with Crippen LogP contribution >= 0.6 is 0 Å². The van der Waals surface area contributed by atoms with E-state index in [4.69, 9.17) is 5.73 Å². The van der Waals surface area contributed by atoms with Crippen molar-refractivity contribution in [1.29, 1.82) is 0 Å². The van der Waals surface area contributed by atoms with Gasteiger partial charge in [-0.3, -0.25) is 4.79 Å². The second-order valence-corrected chi connectivity index (χ2v) is 6.65. The summed E-state index contributed by atoms with van der Waals surface area (Å²) < 4.78 is 26.9. The summed E-state index contributed by atoms with van der Waals surface area (Å²) in [6.07, 6.45) is 0.943. The molecule has 6 heteroatoms. The van der Waals surface area contributed by atoms with E-state index in [9.17, 15) is 13.2 Å². The van der Waals surface area contributed by atoms with Crippen LogP contribution in [-0.2, 0) is 23.0 Å². The first-order chi connectivity index (χ1) is 10.4. The van der Waals surface area contributed by atoms with Crippen LogP contribution in [0.15, 0.2) is 53.4 Å². The van der Waals surface area contributed by atoms with E-state index in [1.54, 1.807) is 0 Å². The van der Waals surface area contributed by atoms with Gasteiger partial charge in [-0.15, -0.1) is 0 Å². The van der Waals surface area contributed by atoms with Gasteiger partial charge in [-0.05, 0) is 41.8 Å². The monoisotopic (exact) mass is 318 g/mol. The first kappa shape index (κ1) is 16.2. The first-order valence-electron chi connectivity index (χ1n) is 6.89. The zero-order chi connectivity index (χ0) is 16.2. The smallest absolute Gasteiger partial charge is 0.248 e. The SMILES string of the molecule is CCc1ccc(CNS(=O)(=O)c2ccc(C(N)=O)cc2)cc1. The molecular weight excluding hydrogens is 300 g/mol.